The van der Waals surface area contributed by atoms with Crippen molar-refractivity contribution in [3.63, 3.8) is 0 Å². The fourth-order valence-electron chi connectivity index (χ4n) is 6.98. The minimum absolute atomic E-state index is 0.467. The van der Waals surface area contributed by atoms with E-state index in [4.69, 9.17) is 14.4 Å². The van der Waals surface area contributed by atoms with Crippen molar-refractivity contribution < 1.29 is 4.42 Å². The van der Waals surface area contributed by atoms with Gasteiger partial charge in [-0.25, -0.2) is 9.98 Å². The van der Waals surface area contributed by atoms with Gasteiger partial charge in [0.25, 0.3) is 0 Å². The second kappa shape index (κ2) is 12.9. The molecule has 0 aliphatic rings. The molecule has 0 aliphatic carbocycles. The van der Waals surface area contributed by atoms with E-state index in [1.807, 2.05) is 66.7 Å². The van der Waals surface area contributed by atoms with Gasteiger partial charge >= 0.3 is 0 Å². The number of nitrogens with zero attached hydrogens (tertiary/aromatic N) is 4. The van der Waals surface area contributed by atoms with Gasteiger partial charge in [-0.3, -0.25) is 4.99 Å². The summed E-state index contributed by atoms with van der Waals surface area (Å²) in [4.78, 5) is 14.6. The molecular weight excluding hydrogens is 625 g/mol. The first-order valence-corrected chi connectivity index (χ1v) is 17.0. The Labute approximate surface area is 295 Å². The van der Waals surface area contributed by atoms with Gasteiger partial charge in [-0.15, -0.1) is 0 Å². The molecule has 242 valence electrons. The lowest BCUT2D eigenvalue weighted by Gasteiger charge is -2.15. The van der Waals surface area contributed by atoms with Gasteiger partial charge in [0.1, 0.15) is 11.2 Å². The first-order valence-electron chi connectivity index (χ1n) is 17.0. The molecule has 0 saturated heterocycles. The van der Waals surface area contributed by atoms with Crippen molar-refractivity contribution in [1.29, 1.82) is 0 Å². The van der Waals surface area contributed by atoms with Crippen molar-refractivity contribution >= 4 is 62.1 Å². The monoisotopic (exact) mass is 656 g/mol. The van der Waals surface area contributed by atoms with E-state index in [1.54, 1.807) is 0 Å². The van der Waals surface area contributed by atoms with E-state index in [1.165, 1.54) is 5.39 Å². The van der Waals surface area contributed by atoms with E-state index in [-0.39, 0.29) is 0 Å². The summed E-state index contributed by atoms with van der Waals surface area (Å²) < 4.78 is 8.60. The summed E-state index contributed by atoms with van der Waals surface area (Å²) in [5.41, 5.74) is 9.98. The van der Waals surface area contributed by atoms with Crippen LogP contribution in [0.4, 0.5) is 0 Å². The summed E-state index contributed by atoms with van der Waals surface area (Å²) in [6.45, 7) is 4.35. The molecule has 5 heteroatoms. The summed E-state index contributed by atoms with van der Waals surface area (Å²) in [5.74, 6) is 1.10. The van der Waals surface area contributed by atoms with Gasteiger partial charge in [-0.1, -0.05) is 127 Å². The Morgan fingerprint density at radius 2 is 1.16 bits per heavy atom. The second-order valence-electron chi connectivity index (χ2n) is 12.5. The van der Waals surface area contributed by atoms with Crippen LogP contribution in [-0.2, 0) is 6.54 Å². The molecule has 5 nitrogen and oxygen atoms in total. The lowest BCUT2D eigenvalue weighted by Crippen LogP contribution is -2.09. The predicted octanol–water partition coefficient (Wildman–Crippen LogP) is 11.4. The number of hydrogen-bond donors (Lipinski definition) is 0. The standard InChI is InChI=1S/C46H32N4O/c1-47-45(32-16-6-3-7-17-32)49-46(48-30-31-14-4-2-5-15-31)39-20-9-12-22-41(39)50-40-21-11-8-18-35(40)36-26-24-33(28-42(36)50)34-25-27-38-37-19-10-13-23-43(37)51-44(38)29-34/h2-29H,1,30H2. The van der Waals surface area contributed by atoms with Crippen molar-refractivity contribution in [1.82, 2.24) is 4.57 Å². The quantitative estimate of drug-likeness (QED) is 0.130. The number of aliphatic imine (C=N–C) groups is 3. The van der Waals surface area contributed by atoms with Crippen LogP contribution < -0.4 is 0 Å². The molecule has 0 N–H and O–H groups in total. The average Bonchev–Trinajstić information content (AvgIpc) is 3.74. The summed E-state index contributed by atoms with van der Waals surface area (Å²) in [5, 5.41) is 4.58. The predicted molar refractivity (Wildman–Crippen MR) is 213 cm³/mol. The van der Waals surface area contributed by atoms with Crippen LogP contribution >= 0.6 is 0 Å². The molecule has 0 aliphatic heterocycles. The molecule has 51 heavy (non-hydrogen) atoms. The maximum atomic E-state index is 6.27. The molecule has 2 heterocycles. The number of fused-ring (bicyclic) bond motifs is 6. The van der Waals surface area contributed by atoms with Crippen LogP contribution in [0.5, 0.6) is 0 Å². The highest BCUT2D eigenvalue weighted by Crippen LogP contribution is 2.37. The van der Waals surface area contributed by atoms with Crippen molar-refractivity contribution in [3.8, 4) is 16.8 Å². The fourth-order valence-corrected chi connectivity index (χ4v) is 6.98. The van der Waals surface area contributed by atoms with Crippen molar-refractivity contribution in [2.75, 3.05) is 0 Å². The lowest BCUT2D eigenvalue weighted by atomic mass is 10.0. The van der Waals surface area contributed by atoms with Gasteiger partial charge in [0, 0.05) is 32.7 Å². The molecule has 0 bridgehead atoms. The van der Waals surface area contributed by atoms with Crippen molar-refractivity contribution in [2.24, 2.45) is 15.0 Å². The minimum atomic E-state index is 0.467. The summed E-state index contributed by atoms with van der Waals surface area (Å²) in [6, 6.07) is 58.5. The Bertz CT molecular complexity index is 2790. The number of para-hydroxylation sites is 3. The van der Waals surface area contributed by atoms with Gasteiger partial charge in [0.2, 0.25) is 0 Å². The number of amidine groups is 2. The van der Waals surface area contributed by atoms with Gasteiger partial charge < -0.3 is 8.98 Å². The van der Waals surface area contributed by atoms with Crippen LogP contribution in [0, 0.1) is 0 Å². The van der Waals surface area contributed by atoms with Crippen molar-refractivity contribution in [3.05, 3.63) is 187 Å². The number of aromatic nitrogens is 1. The molecule has 0 unspecified atom stereocenters. The largest absolute Gasteiger partial charge is 0.456 e. The van der Waals surface area contributed by atoms with E-state index >= 15 is 0 Å². The number of furan rings is 1. The fraction of sp³-hybridized carbons (Fsp3) is 0.0217. The zero-order valence-electron chi connectivity index (χ0n) is 27.8. The van der Waals surface area contributed by atoms with Gasteiger partial charge in [-0.2, -0.15) is 0 Å². The molecule has 9 aromatic rings. The molecule has 0 fully saturated rings. The van der Waals surface area contributed by atoms with Crippen LogP contribution in [0.25, 0.3) is 60.6 Å². The third-order valence-corrected chi connectivity index (χ3v) is 9.42. The smallest absolute Gasteiger partial charge is 0.161 e. The first-order chi connectivity index (χ1) is 25.2. The average molecular weight is 657 g/mol. The highest BCUT2D eigenvalue weighted by Gasteiger charge is 2.19. The maximum absolute atomic E-state index is 6.27. The Hall–Kier alpha value is -6.85. The topological polar surface area (TPSA) is 55.1 Å². The molecule has 0 spiro atoms. The van der Waals surface area contributed by atoms with Crippen LogP contribution in [0.2, 0.25) is 0 Å². The SMILES string of the molecule is C=NC(=NC(=NCc1ccccc1)c1ccccc1-n1c2ccccc2c2ccc(-c3ccc4c(c3)oc3ccccc34)cc21)c1ccccc1. The van der Waals surface area contributed by atoms with Crippen LogP contribution in [-0.4, -0.2) is 23.0 Å². The molecule has 0 radical (unpaired) electrons. The Kier molecular flexibility index (Phi) is 7.63. The molecule has 0 atom stereocenters. The van der Waals surface area contributed by atoms with Crippen molar-refractivity contribution in [2.45, 2.75) is 6.54 Å². The number of hydrogen-bond acceptors (Lipinski definition) is 2. The van der Waals surface area contributed by atoms with Gasteiger partial charge in [0.05, 0.1) is 23.3 Å². The van der Waals surface area contributed by atoms with E-state index in [9.17, 15) is 0 Å². The molecule has 0 amide bonds. The van der Waals surface area contributed by atoms with Gasteiger partial charge in [0.15, 0.2) is 11.7 Å². The third kappa shape index (κ3) is 5.51. The number of rotatable bonds is 6. The molecule has 0 saturated carbocycles. The van der Waals surface area contributed by atoms with Crippen LogP contribution in [0.15, 0.2) is 189 Å². The zero-order valence-corrected chi connectivity index (χ0v) is 27.8. The summed E-state index contributed by atoms with van der Waals surface area (Å²) >= 11 is 0. The Balaban J connectivity index is 1.25. The molecular formula is C46H32N4O. The highest BCUT2D eigenvalue weighted by molar-refractivity contribution is 6.16. The highest BCUT2D eigenvalue weighted by atomic mass is 16.3. The second-order valence-corrected chi connectivity index (χ2v) is 12.5. The van der Waals surface area contributed by atoms with Crippen LogP contribution in [0.1, 0.15) is 16.7 Å². The zero-order chi connectivity index (χ0) is 34.1. The van der Waals surface area contributed by atoms with Crippen LogP contribution in [0.3, 0.4) is 0 Å². The lowest BCUT2D eigenvalue weighted by molar-refractivity contribution is 0.669. The number of benzene rings is 7. The summed E-state index contributed by atoms with van der Waals surface area (Å²) in [6.07, 6.45) is 0. The summed E-state index contributed by atoms with van der Waals surface area (Å²) in [7, 11) is 0. The van der Waals surface area contributed by atoms with E-state index in [0.29, 0.717) is 18.2 Å². The van der Waals surface area contributed by atoms with Gasteiger partial charge in [-0.05, 0) is 65.9 Å². The third-order valence-electron chi connectivity index (χ3n) is 9.42. The Morgan fingerprint density at radius 3 is 1.98 bits per heavy atom. The van der Waals surface area contributed by atoms with E-state index < -0.39 is 0 Å². The first kappa shape index (κ1) is 30.2. The molecule has 9 rings (SSSR count). The minimum Gasteiger partial charge on any atom is -0.456 e. The van der Waals surface area contributed by atoms with E-state index in [2.05, 4.69) is 119 Å². The van der Waals surface area contributed by atoms with E-state index in [0.717, 1.165) is 71.9 Å². The molecule has 2 aromatic heterocycles. The normalized spacial score (nSPS) is 12.3. The Morgan fingerprint density at radius 1 is 0.529 bits per heavy atom. The molecule has 7 aromatic carbocycles. The maximum Gasteiger partial charge on any atom is 0.161 e.